The van der Waals surface area contributed by atoms with Crippen molar-refractivity contribution in [3.63, 3.8) is 0 Å². The Kier molecular flexibility index (Phi) is 2.11. The van der Waals surface area contributed by atoms with Gasteiger partial charge in [-0.05, 0) is 6.07 Å². The van der Waals surface area contributed by atoms with Crippen molar-refractivity contribution in [2.24, 2.45) is 0 Å². The lowest BCUT2D eigenvalue weighted by Gasteiger charge is -2.28. The summed E-state index contributed by atoms with van der Waals surface area (Å²) in [5.41, 5.74) is 1.39. The van der Waals surface area contributed by atoms with Crippen molar-refractivity contribution in [2.75, 3.05) is 19.6 Å². The summed E-state index contributed by atoms with van der Waals surface area (Å²) in [6.45, 7) is 2.13. The number of carbonyl (C=O) groups is 1. The minimum absolute atomic E-state index is 0.0339. The van der Waals surface area contributed by atoms with Gasteiger partial charge in [0.1, 0.15) is 17.6 Å². The largest absolute Gasteiger partial charge is 0.462 e. The molecule has 5 heteroatoms. The van der Waals surface area contributed by atoms with Gasteiger partial charge < -0.3 is 15.0 Å². The van der Waals surface area contributed by atoms with Gasteiger partial charge in [-0.1, -0.05) is 0 Å². The number of nitrogens with zero attached hydrogens (tertiary/aromatic N) is 2. The number of rotatable bonds is 0. The van der Waals surface area contributed by atoms with Crippen molar-refractivity contribution in [1.29, 1.82) is 0 Å². The Bertz CT molecular complexity index is 470. The fraction of sp³-hybridized carbons (Fsp3) is 0.273. The maximum atomic E-state index is 12.2. The molecule has 1 amide bonds. The van der Waals surface area contributed by atoms with Gasteiger partial charge in [-0.25, -0.2) is 0 Å². The van der Waals surface area contributed by atoms with E-state index in [4.69, 9.17) is 4.74 Å². The Morgan fingerprint density at radius 1 is 1.50 bits per heavy atom. The molecule has 0 aliphatic carbocycles. The van der Waals surface area contributed by atoms with Gasteiger partial charge in [0.2, 0.25) is 0 Å². The van der Waals surface area contributed by atoms with Gasteiger partial charge in [0.25, 0.3) is 5.91 Å². The SMILES string of the molecule is O=C1c2cnccc2OC=C2CNCCN12. The van der Waals surface area contributed by atoms with E-state index in [0.717, 1.165) is 12.2 Å². The lowest BCUT2D eigenvalue weighted by atomic mass is 10.2. The highest BCUT2D eigenvalue weighted by molar-refractivity contribution is 5.98. The van der Waals surface area contributed by atoms with Crippen LogP contribution >= 0.6 is 0 Å². The molecule has 82 valence electrons. The van der Waals surface area contributed by atoms with Gasteiger partial charge in [0.15, 0.2) is 0 Å². The minimum Gasteiger partial charge on any atom is -0.462 e. The molecule has 0 atom stereocenters. The number of amides is 1. The van der Waals surface area contributed by atoms with Crippen molar-refractivity contribution in [1.82, 2.24) is 15.2 Å². The quantitative estimate of drug-likeness (QED) is 0.681. The van der Waals surface area contributed by atoms with E-state index in [1.165, 1.54) is 0 Å². The van der Waals surface area contributed by atoms with E-state index >= 15 is 0 Å². The molecule has 2 aliphatic rings. The van der Waals surface area contributed by atoms with Gasteiger partial charge in [-0.15, -0.1) is 0 Å². The zero-order valence-corrected chi connectivity index (χ0v) is 8.64. The molecular weight excluding hydrogens is 206 g/mol. The average Bonchev–Trinajstić information content (AvgIpc) is 2.49. The summed E-state index contributed by atoms with van der Waals surface area (Å²) in [6.07, 6.45) is 4.81. The number of pyridine rings is 1. The van der Waals surface area contributed by atoms with Gasteiger partial charge in [0.05, 0.1) is 5.70 Å². The smallest absolute Gasteiger partial charge is 0.263 e. The molecule has 2 aliphatic heterocycles. The van der Waals surface area contributed by atoms with Crippen LogP contribution in [0.4, 0.5) is 0 Å². The summed E-state index contributed by atoms with van der Waals surface area (Å²) in [5, 5.41) is 3.20. The molecule has 3 heterocycles. The molecule has 16 heavy (non-hydrogen) atoms. The first-order valence-electron chi connectivity index (χ1n) is 5.18. The van der Waals surface area contributed by atoms with Crippen LogP contribution in [0, 0.1) is 0 Å². The fourth-order valence-electron chi connectivity index (χ4n) is 1.91. The number of aromatic nitrogens is 1. The first kappa shape index (κ1) is 9.35. The van der Waals surface area contributed by atoms with E-state index in [9.17, 15) is 4.79 Å². The minimum atomic E-state index is -0.0339. The van der Waals surface area contributed by atoms with Crippen LogP contribution < -0.4 is 10.1 Å². The van der Waals surface area contributed by atoms with Gasteiger partial charge in [-0.2, -0.15) is 0 Å². The molecule has 0 radical (unpaired) electrons. The zero-order chi connectivity index (χ0) is 11.0. The standard InChI is InChI=1S/C11H11N3O2/c15-11-9-6-12-2-1-10(9)16-7-8-5-13-3-4-14(8)11/h1-2,6-7,13H,3-5H2. The summed E-state index contributed by atoms with van der Waals surface area (Å²) >= 11 is 0. The van der Waals surface area contributed by atoms with Crippen molar-refractivity contribution < 1.29 is 9.53 Å². The monoisotopic (exact) mass is 217 g/mol. The van der Waals surface area contributed by atoms with Crippen LogP contribution in [0.3, 0.4) is 0 Å². The van der Waals surface area contributed by atoms with E-state index in [-0.39, 0.29) is 5.91 Å². The summed E-state index contributed by atoms with van der Waals surface area (Å²) in [6, 6.07) is 1.70. The van der Waals surface area contributed by atoms with Crippen molar-refractivity contribution in [3.8, 4) is 5.75 Å². The lowest BCUT2D eigenvalue weighted by molar-refractivity contribution is 0.0791. The maximum absolute atomic E-state index is 12.2. The Balaban J connectivity index is 2.07. The number of carbonyl (C=O) groups excluding carboxylic acids is 1. The highest BCUT2D eigenvalue weighted by Gasteiger charge is 2.27. The number of nitrogens with one attached hydrogen (secondary N) is 1. The van der Waals surface area contributed by atoms with Crippen LogP contribution in [-0.4, -0.2) is 35.4 Å². The second-order valence-electron chi connectivity index (χ2n) is 3.73. The van der Waals surface area contributed by atoms with Crippen molar-refractivity contribution >= 4 is 5.91 Å². The third-order valence-corrected chi connectivity index (χ3v) is 2.74. The van der Waals surface area contributed by atoms with Crippen molar-refractivity contribution in [3.05, 3.63) is 36.0 Å². The average molecular weight is 217 g/mol. The molecule has 1 N–H and O–H groups in total. The molecule has 5 nitrogen and oxygen atoms in total. The molecule has 0 saturated carbocycles. The highest BCUT2D eigenvalue weighted by Crippen LogP contribution is 2.25. The summed E-state index contributed by atoms with van der Waals surface area (Å²) < 4.78 is 5.48. The molecule has 1 aromatic rings. The Labute approximate surface area is 92.7 Å². The molecule has 0 aromatic carbocycles. The predicted molar refractivity (Wildman–Crippen MR) is 56.9 cm³/mol. The zero-order valence-electron chi connectivity index (χ0n) is 8.64. The summed E-state index contributed by atoms with van der Waals surface area (Å²) in [5.74, 6) is 0.537. The van der Waals surface area contributed by atoms with E-state index in [2.05, 4.69) is 10.3 Å². The number of piperazine rings is 1. The molecule has 1 saturated heterocycles. The molecule has 0 unspecified atom stereocenters. The van der Waals surface area contributed by atoms with Gasteiger partial charge in [-0.3, -0.25) is 9.78 Å². The highest BCUT2D eigenvalue weighted by atomic mass is 16.5. The number of hydrogen-bond donors (Lipinski definition) is 1. The van der Waals surface area contributed by atoms with Gasteiger partial charge >= 0.3 is 0 Å². The third kappa shape index (κ3) is 1.37. The molecular formula is C11H11N3O2. The molecule has 0 bridgehead atoms. The number of hydrogen-bond acceptors (Lipinski definition) is 4. The van der Waals surface area contributed by atoms with E-state index < -0.39 is 0 Å². The summed E-state index contributed by atoms with van der Waals surface area (Å²) in [4.78, 5) is 17.9. The maximum Gasteiger partial charge on any atom is 0.263 e. The van der Waals surface area contributed by atoms with Crippen LogP contribution in [0.1, 0.15) is 10.4 Å². The predicted octanol–water partition coefficient (Wildman–Crippen LogP) is 0.361. The number of ether oxygens (including phenoxy) is 1. The molecule has 0 spiro atoms. The Hall–Kier alpha value is -1.88. The van der Waals surface area contributed by atoms with Crippen LogP contribution in [0.2, 0.25) is 0 Å². The second kappa shape index (κ2) is 3.61. The second-order valence-corrected chi connectivity index (χ2v) is 3.73. The van der Waals surface area contributed by atoms with Crippen LogP contribution in [0.25, 0.3) is 0 Å². The lowest BCUT2D eigenvalue weighted by Crippen LogP contribution is -2.44. The Morgan fingerprint density at radius 2 is 2.44 bits per heavy atom. The topological polar surface area (TPSA) is 54.5 Å². The van der Waals surface area contributed by atoms with Crippen LogP contribution in [0.5, 0.6) is 5.75 Å². The third-order valence-electron chi connectivity index (χ3n) is 2.74. The molecule has 1 fully saturated rings. The molecule has 1 aromatic heterocycles. The van der Waals surface area contributed by atoms with Gasteiger partial charge in [0, 0.05) is 32.0 Å². The van der Waals surface area contributed by atoms with E-state index in [0.29, 0.717) is 24.4 Å². The first-order valence-corrected chi connectivity index (χ1v) is 5.18. The van der Waals surface area contributed by atoms with Crippen LogP contribution in [0.15, 0.2) is 30.4 Å². The van der Waals surface area contributed by atoms with E-state index in [1.807, 2.05) is 0 Å². The Morgan fingerprint density at radius 3 is 3.38 bits per heavy atom. The first-order chi connectivity index (χ1) is 7.86. The normalized spacial score (nSPS) is 19.1. The fourth-order valence-corrected chi connectivity index (χ4v) is 1.91. The molecule has 3 rings (SSSR count). The van der Waals surface area contributed by atoms with Crippen molar-refractivity contribution in [2.45, 2.75) is 0 Å². The van der Waals surface area contributed by atoms with Crippen LogP contribution in [-0.2, 0) is 0 Å². The summed E-state index contributed by atoms with van der Waals surface area (Å²) in [7, 11) is 0. The van der Waals surface area contributed by atoms with E-state index in [1.54, 1.807) is 29.6 Å². The number of fused-ring (bicyclic) bond motifs is 2.